The monoisotopic (exact) mass is 230 g/mol. The zero-order valence-corrected chi connectivity index (χ0v) is 9.39. The first-order valence-corrected chi connectivity index (χ1v) is 5.72. The SMILES string of the molecule is Nc1cc(NCc2ccco2)nc(C2CC2)n1. The van der Waals surface area contributed by atoms with Gasteiger partial charge in [0, 0.05) is 12.0 Å². The molecule has 5 nitrogen and oxygen atoms in total. The maximum atomic E-state index is 5.76. The second-order valence-corrected chi connectivity index (χ2v) is 4.24. The number of rotatable bonds is 4. The van der Waals surface area contributed by atoms with Gasteiger partial charge in [-0.05, 0) is 25.0 Å². The maximum Gasteiger partial charge on any atom is 0.136 e. The Morgan fingerprint density at radius 3 is 3.00 bits per heavy atom. The maximum absolute atomic E-state index is 5.76. The van der Waals surface area contributed by atoms with Crippen LogP contribution in [0.2, 0.25) is 0 Å². The predicted octanol–water partition coefficient (Wildman–Crippen LogP) is 2.14. The molecule has 1 aliphatic carbocycles. The highest BCUT2D eigenvalue weighted by Crippen LogP contribution is 2.38. The van der Waals surface area contributed by atoms with Crippen molar-refractivity contribution in [2.45, 2.75) is 25.3 Å². The van der Waals surface area contributed by atoms with Crippen LogP contribution in [-0.2, 0) is 6.54 Å². The van der Waals surface area contributed by atoms with Crippen LogP contribution in [0, 0.1) is 0 Å². The van der Waals surface area contributed by atoms with Crippen LogP contribution in [0.5, 0.6) is 0 Å². The predicted molar refractivity (Wildman–Crippen MR) is 64.5 cm³/mol. The highest BCUT2D eigenvalue weighted by atomic mass is 16.3. The summed E-state index contributed by atoms with van der Waals surface area (Å²) in [6.45, 7) is 0.605. The zero-order chi connectivity index (χ0) is 11.7. The fourth-order valence-electron chi connectivity index (χ4n) is 1.69. The Morgan fingerprint density at radius 1 is 1.41 bits per heavy atom. The minimum atomic E-state index is 0.502. The fraction of sp³-hybridized carbons (Fsp3) is 0.333. The first-order valence-electron chi connectivity index (χ1n) is 5.72. The molecule has 1 aliphatic rings. The zero-order valence-electron chi connectivity index (χ0n) is 9.39. The smallest absolute Gasteiger partial charge is 0.136 e. The van der Waals surface area contributed by atoms with Crippen molar-refractivity contribution in [2.24, 2.45) is 0 Å². The van der Waals surface area contributed by atoms with Gasteiger partial charge in [-0.1, -0.05) is 0 Å². The van der Waals surface area contributed by atoms with E-state index in [0.717, 1.165) is 17.4 Å². The lowest BCUT2D eigenvalue weighted by Crippen LogP contribution is -2.05. The van der Waals surface area contributed by atoms with Gasteiger partial charge in [0.05, 0.1) is 12.8 Å². The summed E-state index contributed by atoms with van der Waals surface area (Å²) in [7, 11) is 0. The Morgan fingerprint density at radius 2 is 2.29 bits per heavy atom. The highest BCUT2D eigenvalue weighted by molar-refractivity contribution is 5.45. The number of anilines is 2. The second-order valence-electron chi connectivity index (χ2n) is 4.24. The van der Waals surface area contributed by atoms with E-state index in [1.807, 2.05) is 12.1 Å². The molecule has 0 unspecified atom stereocenters. The van der Waals surface area contributed by atoms with E-state index in [9.17, 15) is 0 Å². The third kappa shape index (κ3) is 2.38. The van der Waals surface area contributed by atoms with Crippen molar-refractivity contribution in [3.8, 4) is 0 Å². The van der Waals surface area contributed by atoms with Crippen molar-refractivity contribution in [1.82, 2.24) is 9.97 Å². The quantitative estimate of drug-likeness (QED) is 0.841. The molecular formula is C12H14N4O. The van der Waals surface area contributed by atoms with E-state index in [1.165, 1.54) is 12.8 Å². The van der Waals surface area contributed by atoms with Crippen LogP contribution in [-0.4, -0.2) is 9.97 Å². The molecule has 0 spiro atoms. The van der Waals surface area contributed by atoms with Crippen LogP contribution in [0.1, 0.15) is 30.3 Å². The molecule has 3 N–H and O–H groups in total. The Labute approximate surface area is 99.1 Å². The molecule has 0 amide bonds. The Balaban J connectivity index is 1.73. The average Bonchev–Trinajstić information content (AvgIpc) is 3.04. The summed E-state index contributed by atoms with van der Waals surface area (Å²) >= 11 is 0. The van der Waals surface area contributed by atoms with Crippen molar-refractivity contribution in [3.63, 3.8) is 0 Å². The summed E-state index contributed by atoms with van der Waals surface area (Å²) in [5.74, 6) is 3.50. The van der Waals surface area contributed by atoms with E-state index in [4.69, 9.17) is 10.2 Å². The van der Waals surface area contributed by atoms with Gasteiger partial charge in [-0.2, -0.15) is 0 Å². The molecular weight excluding hydrogens is 216 g/mol. The van der Waals surface area contributed by atoms with Crippen LogP contribution in [0.3, 0.4) is 0 Å². The number of nitrogens with two attached hydrogens (primary N) is 1. The first kappa shape index (κ1) is 10.1. The van der Waals surface area contributed by atoms with Crippen LogP contribution in [0.4, 0.5) is 11.6 Å². The fourth-order valence-corrected chi connectivity index (χ4v) is 1.69. The summed E-state index contributed by atoms with van der Waals surface area (Å²) in [4.78, 5) is 8.70. The van der Waals surface area contributed by atoms with Crippen molar-refractivity contribution >= 4 is 11.6 Å². The molecule has 0 aromatic carbocycles. The van der Waals surface area contributed by atoms with Crippen LogP contribution in [0.25, 0.3) is 0 Å². The van der Waals surface area contributed by atoms with E-state index in [0.29, 0.717) is 18.3 Å². The Kier molecular flexibility index (Phi) is 2.44. The lowest BCUT2D eigenvalue weighted by Gasteiger charge is -2.06. The number of nitrogens with zero attached hydrogens (tertiary/aromatic N) is 2. The number of hydrogen-bond donors (Lipinski definition) is 2. The minimum absolute atomic E-state index is 0.502. The summed E-state index contributed by atoms with van der Waals surface area (Å²) in [6, 6.07) is 5.52. The van der Waals surface area contributed by atoms with Gasteiger partial charge >= 0.3 is 0 Å². The molecule has 0 bridgehead atoms. The molecule has 0 atom stereocenters. The molecule has 1 saturated carbocycles. The third-order valence-electron chi connectivity index (χ3n) is 2.73. The summed E-state index contributed by atoms with van der Waals surface area (Å²) in [5.41, 5.74) is 5.76. The summed E-state index contributed by atoms with van der Waals surface area (Å²) in [6.07, 6.45) is 3.99. The van der Waals surface area contributed by atoms with Gasteiger partial charge in [0.15, 0.2) is 0 Å². The Bertz CT molecular complexity index is 505. The van der Waals surface area contributed by atoms with Gasteiger partial charge in [-0.3, -0.25) is 0 Å². The lowest BCUT2D eigenvalue weighted by atomic mass is 10.3. The van der Waals surface area contributed by atoms with Gasteiger partial charge in [0.2, 0.25) is 0 Å². The molecule has 3 rings (SSSR count). The number of nitrogens with one attached hydrogen (secondary N) is 1. The van der Waals surface area contributed by atoms with Gasteiger partial charge in [-0.25, -0.2) is 9.97 Å². The van der Waals surface area contributed by atoms with Crippen LogP contribution >= 0.6 is 0 Å². The molecule has 17 heavy (non-hydrogen) atoms. The average molecular weight is 230 g/mol. The third-order valence-corrected chi connectivity index (χ3v) is 2.73. The number of furan rings is 1. The molecule has 2 aromatic rings. The van der Waals surface area contributed by atoms with E-state index in [1.54, 1.807) is 12.3 Å². The van der Waals surface area contributed by atoms with Gasteiger partial charge < -0.3 is 15.5 Å². The molecule has 88 valence electrons. The molecule has 5 heteroatoms. The van der Waals surface area contributed by atoms with Gasteiger partial charge in [-0.15, -0.1) is 0 Å². The number of aromatic nitrogens is 2. The van der Waals surface area contributed by atoms with E-state index in [-0.39, 0.29) is 0 Å². The van der Waals surface area contributed by atoms with Crippen molar-refractivity contribution in [1.29, 1.82) is 0 Å². The second kappa shape index (κ2) is 4.08. The normalized spacial score (nSPS) is 14.8. The summed E-state index contributed by atoms with van der Waals surface area (Å²) < 4.78 is 5.24. The standard InChI is InChI=1S/C12H14N4O/c13-10-6-11(14-7-9-2-1-5-17-9)16-12(15-10)8-3-4-8/h1-2,5-6,8H,3-4,7H2,(H3,13,14,15,16). The van der Waals surface area contributed by atoms with Crippen molar-refractivity contribution in [2.75, 3.05) is 11.1 Å². The molecule has 2 heterocycles. The van der Waals surface area contributed by atoms with Crippen LogP contribution in [0.15, 0.2) is 28.9 Å². The van der Waals surface area contributed by atoms with Crippen LogP contribution < -0.4 is 11.1 Å². The highest BCUT2D eigenvalue weighted by Gasteiger charge is 2.27. The molecule has 0 radical (unpaired) electrons. The molecule has 2 aromatic heterocycles. The number of hydrogen-bond acceptors (Lipinski definition) is 5. The summed E-state index contributed by atoms with van der Waals surface area (Å²) in [5, 5.41) is 3.19. The number of nitrogen functional groups attached to an aromatic ring is 1. The van der Waals surface area contributed by atoms with E-state index >= 15 is 0 Å². The molecule has 1 fully saturated rings. The lowest BCUT2D eigenvalue weighted by molar-refractivity contribution is 0.517. The van der Waals surface area contributed by atoms with E-state index in [2.05, 4.69) is 15.3 Å². The van der Waals surface area contributed by atoms with Gasteiger partial charge in [0.1, 0.15) is 23.2 Å². The Hall–Kier alpha value is -2.04. The first-order chi connectivity index (χ1) is 8.31. The largest absolute Gasteiger partial charge is 0.467 e. The van der Waals surface area contributed by atoms with E-state index < -0.39 is 0 Å². The van der Waals surface area contributed by atoms with Crippen molar-refractivity contribution in [3.05, 3.63) is 36.0 Å². The molecule has 0 aliphatic heterocycles. The minimum Gasteiger partial charge on any atom is -0.467 e. The van der Waals surface area contributed by atoms with Crippen molar-refractivity contribution < 1.29 is 4.42 Å². The topological polar surface area (TPSA) is 77.0 Å². The van der Waals surface area contributed by atoms with Gasteiger partial charge in [0.25, 0.3) is 0 Å². The molecule has 0 saturated heterocycles.